The highest BCUT2D eigenvalue weighted by molar-refractivity contribution is 5.74. The number of aryl methyl sites for hydroxylation is 1. The Morgan fingerprint density at radius 3 is 2.94 bits per heavy atom. The summed E-state index contributed by atoms with van der Waals surface area (Å²) in [6, 6.07) is 8.33. The molecular weight excluding hydrogens is 200 g/mol. The van der Waals surface area contributed by atoms with Gasteiger partial charge in [-0.1, -0.05) is 30.3 Å². The van der Waals surface area contributed by atoms with Gasteiger partial charge < -0.3 is 5.11 Å². The lowest BCUT2D eigenvalue weighted by atomic mass is 9.96. The van der Waals surface area contributed by atoms with Gasteiger partial charge in [0.2, 0.25) is 0 Å². The zero-order valence-corrected chi connectivity index (χ0v) is 9.28. The number of carbonyl (C=O) groups is 1. The van der Waals surface area contributed by atoms with E-state index in [0.29, 0.717) is 6.42 Å². The van der Waals surface area contributed by atoms with Gasteiger partial charge in [-0.05, 0) is 42.4 Å². The lowest BCUT2D eigenvalue weighted by Gasteiger charge is -2.09. The van der Waals surface area contributed by atoms with Gasteiger partial charge in [-0.2, -0.15) is 0 Å². The molecule has 0 fully saturated rings. The molecule has 0 radical (unpaired) electrons. The van der Waals surface area contributed by atoms with E-state index in [1.807, 2.05) is 6.07 Å². The van der Waals surface area contributed by atoms with E-state index in [0.717, 1.165) is 19.3 Å². The van der Waals surface area contributed by atoms with Gasteiger partial charge >= 0.3 is 5.97 Å². The van der Waals surface area contributed by atoms with Crippen LogP contribution in [0, 0.1) is 0 Å². The first-order chi connectivity index (χ1) is 7.77. The molecule has 84 valence electrons. The van der Waals surface area contributed by atoms with Crippen LogP contribution in [-0.2, 0) is 11.2 Å². The van der Waals surface area contributed by atoms with Crippen molar-refractivity contribution in [3.8, 4) is 0 Å². The van der Waals surface area contributed by atoms with Gasteiger partial charge in [0.05, 0.1) is 0 Å². The van der Waals surface area contributed by atoms with Gasteiger partial charge in [0.1, 0.15) is 0 Å². The molecule has 2 nitrogen and oxygen atoms in total. The van der Waals surface area contributed by atoms with Crippen LogP contribution < -0.4 is 0 Å². The van der Waals surface area contributed by atoms with Crippen molar-refractivity contribution in [2.75, 3.05) is 0 Å². The van der Waals surface area contributed by atoms with Crippen molar-refractivity contribution in [1.82, 2.24) is 0 Å². The summed E-state index contributed by atoms with van der Waals surface area (Å²) in [5.74, 6) is -0.720. The average Bonchev–Trinajstić information content (AvgIpc) is 2.48. The molecule has 16 heavy (non-hydrogen) atoms. The van der Waals surface area contributed by atoms with E-state index >= 15 is 0 Å². The minimum Gasteiger partial charge on any atom is -0.481 e. The summed E-state index contributed by atoms with van der Waals surface area (Å²) in [5.41, 5.74) is 3.81. The van der Waals surface area contributed by atoms with Gasteiger partial charge in [-0.3, -0.25) is 4.79 Å². The zero-order valence-electron chi connectivity index (χ0n) is 9.28. The van der Waals surface area contributed by atoms with E-state index in [4.69, 9.17) is 5.11 Å². The number of rotatable bonds is 3. The molecule has 0 saturated heterocycles. The van der Waals surface area contributed by atoms with Gasteiger partial charge in [0.15, 0.2) is 0 Å². The third-order valence-corrected chi connectivity index (χ3v) is 3.01. The van der Waals surface area contributed by atoms with Crippen LogP contribution in [0.25, 0.3) is 5.57 Å². The molecule has 1 N–H and O–H groups in total. The van der Waals surface area contributed by atoms with Crippen molar-refractivity contribution in [2.45, 2.75) is 32.1 Å². The Hall–Kier alpha value is -1.57. The first-order valence-corrected chi connectivity index (χ1v) is 5.76. The topological polar surface area (TPSA) is 37.3 Å². The number of aliphatic carboxylic acids is 1. The Bertz CT molecular complexity index is 418. The van der Waals surface area contributed by atoms with Gasteiger partial charge in [-0.25, -0.2) is 0 Å². The highest BCUT2D eigenvalue weighted by Crippen LogP contribution is 2.28. The fraction of sp³-hybridized carbons (Fsp3) is 0.357. The molecule has 0 bridgehead atoms. The van der Waals surface area contributed by atoms with Crippen LogP contribution in [-0.4, -0.2) is 11.1 Å². The minimum atomic E-state index is -0.720. The molecule has 0 spiro atoms. The average molecular weight is 216 g/mol. The van der Waals surface area contributed by atoms with Gasteiger partial charge in [0, 0.05) is 6.42 Å². The van der Waals surface area contributed by atoms with Gasteiger partial charge in [0.25, 0.3) is 0 Å². The molecule has 1 aliphatic rings. The second-order valence-electron chi connectivity index (χ2n) is 4.17. The van der Waals surface area contributed by atoms with Crippen LogP contribution in [0.5, 0.6) is 0 Å². The second-order valence-corrected chi connectivity index (χ2v) is 4.17. The molecule has 0 heterocycles. The van der Waals surface area contributed by atoms with Gasteiger partial charge in [-0.15, -0.1) is 0 Å². The Balaban J connectivity index is 2.24. The third kappa shape index (κ3) is 2.51. The van der Waals surface area contributed by atoms with E-state index in [9.17, 15) is 4.79 Å². The van der Waals surface area contributed by atoms with Crippen LogP contribution in [0.3, 0.4) is 0 Å². The molecule has 1 aromatic rings. The molecule has 0 amide bonds. The van der Waals surface area contributed by atoms with Crippen LogP contribution in [0.2, 0.25) is 0 Å². The molecule has 0 aromatic heterocycles. The quantitative estimate of drug-likeness (QED) is 0.842. The van der Waals surface area contributed by atoms with Crippen molar-refractivity contribution in [3.63, 3.8) is 0 Å². The summed E-state index contributed by atoms with van der Waals surface area (Å²) in [7, 11) is 0. The maximum Gasteiger partial charge on any atom is 0.303 e. The fourth-order valence-corrected chi connectivity index (χ4v) is 2.21. The molecule has 1 aromatic carbocycles. The standard InChI is InChI=1S/C14H16O2/c15-14(16)10-9-12-7-2-1-5-11-6-3-4-8-13(11)12/h3-4,6-8H,1-2,5,9-10H2,(H,15,16). The molecule has 0 unspecified atom stereocenters. The number of carboxylic acid groups (broad SMARTS) is 1. The lowest BCUT2D eigenvalue weighted by molar-refractivity contribution is -0.136. The summed E-state index contributed by atoms with van der Waals surface area (Å²) in [6.07, 6.45) is 6.39. The smallest absolute Gasteiger partial charge is 0.303 e. The van der Waals surface area contributed by atoms with Crippen molar-refractivity contribution in [1.29, 1.82) is 0 Å². The molecule has 2 heteroatoms. The number of carboxylic acids is 1. The Morgan fingerprint density at radius 1 is 1.31 bits per heavy atom. The Kier molecular flexibility index (Phi) is 3.40. The highest BCUT2D eigenvalue weighted by atomic mass is 16.4. The number of fused-ring (bicyclic) bond motifs is 1. The van der Waals surface area contributed by atoms with E-state index in [-0.39, 0.29) is 6.42 Å². The predicted octanol–water partition coefficient (Wildman–Crippen LogP) is 3.27. The summed E-state index contributed by atoms with van der Waals surface area (Å²) in [6.45, 7) is 0. The van der Waals surface area contributed by atoms with E-state index in [1.165, 1.54) is 16.7 Å². The third-order valence-electron chi connectivity index (χ3n) is 3.01. The minimum absolute atomic E-state index is 0.222. The van der Waals surface area contributed by atoms with Crippen LogP contribution in [0.4, 0.5) is 0 Å². The first-order valence-electron chi connectivity index (χ1n) is 5.76. The Morgan fingerprint density at radius 2 is 2.12 bits per heavy atom. The molecule has 0 atom stereocenters. The number of hydrogen-bond acceptors (Lipinski definition) is 1. The molecule has 0 saturated carbocycles. The molecule has 1 aliphatic carbocycles. The number of allylic oxidation sites excluding steroid dienone is 2. The van der Waals surface area contributed by atoms with E-state index < -0.39 is 5.97 Å². The zero-order chi connectivity index (χ0) is 11.4. The first kappa shape index (κ1) is 10.9. The van der Waals surface area contributed by atoms with Crippen molar-refractivity contribution >= 4 is 11.5 Å². The predicted molar refractivity (Wildman–Crippen MR) is 64.2 cm³/mol. The van der Waals surface area contributed by atoms with E-state index in [2.05, 4.69) is 24.3 Å². The van der Waals surface area contributed by atoms with Crippen LogP contribution >= 0.6 is 0 Å². The summed E-state index contributed by atoms with van der Waals surface area (Å²) >= 11 is 0. The fourth-order valence-electron chi connectivity index (χ4n) is 2.21. The van der Waals surface area contributed by atoms with Crippen molar-refractivity contribution in [3.05, 3.63) is 41.5 Å². The largest absolute Gasteiger partial charge is 0.481 e. The SMILES string of the molecule is O=C(O)CCC1=CCCCc2ccccc21. The monoisotopic (exact) mass is 216 g/mol. The number of hydrogen-bond donors (Lipinski definition) is 1. The molecule has 0 aliphatic heterocycles. The highest BCUT2D eigenvalue weighted by Gasteiger charge is 2.11. The maximum absolute atomic E-state index is 10.6. The summed E-state index contributed by atoms with van der Waals surface area (Å²) in [5, 5.41) is 8.74. The Labute approximate surface area is 95.6 Å². The summed E-state index contributed by atoms with van der Waals surface area (Å²) < 4.78 is 0. The summed E-state index contributed by atoms with van der Waals surface area (Å²) in [4.78, 5) is 10.6. The van der Waals surface area contributed by atoms with Crippen LogP contribution in [0.1, 0.15) is 36.8 Å². The van der Waals surface area contributed by atoms with Crippen LogP contribution in [0.15, 0.2) is 30.3 Å². The lowest BCUT2D eigenvalue weighted by Crippen LogP contribution is -1.97. The normalized spacial score (nSPS) is 14.9. The van der Waals surface area contributed by atoms with Crippen molar-refractivity contribution in [2.24, 2.45) is 0 Å². The number of benzene rings is 1. The second kappa shape index (κ2) is 4.97. The van der Waals surface area contributed by atoms with E-state index in [1.54, 1.807) is 0 Å². The molecular formula is C14H16O2. The maximum atomic E-state index is 10.6. The van der Waals surface area contributed by atoms with Crippen molar-refractivity contribution < 1.29 is 9.90 Å². The molecule has 2 rings (SSSR count).